The molecule has 0 saturated carbocycles. The molecule has 8 heteroatoms. The summed E-state index contributed by atoms with van der Waals surface area (Å²) in [6.07, 6.45) is 2.57. The van der Waals surface area contributed by atoms with Crippen LogP contribution in [0.15, 0.2) is 38.4 Å². The first-order valence-corrected chi connectivity index (χ1v) is 7.94. The average Bonchev–Trinajstić information content (AvgIpc) is 2.77. The van der Waals surface area contributed by atoms with Gasteiger partial charge in [-0.1, -0.05) is 0 Å². The molecule has 0 aliphatic rings. The summed E-state index contributed by atoms with van der Waals surface area (Å²) in [5.41, 5.74) is 1.47. The van der Waals surface area contributed by atoms with Crippen LogP contribution in [0.2, 0.25) is 0 Å². The Hall–Kier alpha value is -0.860. The van der Waals surface area contributed by atoms with Gasteiger partial charge >= 0.3 is 0 Å². The lowest BCUT2D eigenvalue weighted by Crippen LogP contribution is -2.13. The summed E-state index contributed by atoms with van der Waals surface area (Å²) in [7, 11) is -3.63. The second-order valence-electron chi connectivity index (χ2n) is 3.64. The molecule has 0 saturated heterocycles. The molecule has 0 aliphatic heterocycles. The predicted molar refractivity (Wildman–Crippen MR) is 76.0 cm³/mol. The normalized spacial score (nSPS) is 11.5. The smallest absolute Gasteiger partial charge is 0.265 e. The molecule has 2 aromatic rings. The van der Waals surface area contributed by atoms with Crippen molar-refractivity contribution in [1.29, 1.82) is 0 Å². The molecule has 2 rings (SSSR count). The van der Waals surface area contributed by atoms with Gasteiger partial charge in [0.15, 0.2) is 0 Å². The van der Waals surface area contributed by atoms with Crippen LogP contribution in [0.25, 0.3) is 0 Å². The third-order valence-corrected chi connectivity index (χ3v) is 4.77. The van der Waals surface area contributed by atoms with Crippen LogP contribution in [-0.2, 0) is 10.0 Å². The van der Waals surface area contributed by atoms with Gasteiger partial charge in [-0.25, -0.2) is 8.42 Å². The van der Waals surface area contributed by atoms with E-state index in [0.29, 0.717) is 14.6 Å². The summed E-state index contributed by atoms with van der Waals surface area (Å²) in [6.45, 7) is 1.92. The highest BCUT2D eigenvalue weighted by atomic mass is 79.9. The molecule has 0 aliphatic carbocycles. The summed E-state index contributed by atoms with van der Waals surface area (Å²) in [5.74, 6) is 0. The first-order chi connectivity index (χ1) is 8.40. The number of hydrogen-bond donors (Lipinski definition) is 2. The summed E-state index contributed by atoms with van der Waals surface area (Å²) in [5, 5.41) is 6.09. The minimum Gasteiger partial charge on any atom is -0.284 e. The molecule has 0 atom stereocenters. The third-order valence-electron chi connectivity index (χ3n) is 2.21. The maximum Gasteiger partial charge on any atom is 0.265 e. The van der Waals surface area contributed by atoms with Gasteiger partial charge in [-0.05, 0) is 56.5 Å². The number of aromatic nitrogens is 2. The summed E-state index contributed by atoms with van der Waals surface area (Å²) < 4.78 is 27.9. The Bertz CT molecular complexity index is 645. The zero-order chi connectivity index (χ0) is 13.3. The first kappa shape index (κ1) is 13.6. The molecule has 1 aromatic heterocycles. The quantitative estimate of drug-likeness (QED) is 0.839. The van der Waals surface area contributed by atoms with Gasteiger partial charge in [-0.3, -0.25) is 9.82 Å². The van der Waals surface area contributed by atoms with Gasteiger partial charge in [0.05, 0.1) is 11.9 Å². The number of nitrogens with zero attached hydrogens (tertiary/aromatic N) is 1. The first-order valence-electron chi connectivity index (χ1n) is 4.87. The minimum absolute atomic E-state index is 0.0851. The van der Waals surface area contributed by atoms with Crippen LogP contribution >= 0.6 is 31.9 Å². The second-order valence-corrected chi connectivity index (χ2v) is 7.03. The Morgan fingerprint density at radius 2 is 1.89 bits per heavy atom. The fourth-order valence-corrected chi connectivity index (χ4v) is 4.26. The average molecular weight is 395 g/mol. The van der Waals surface area contributed by atoms with Crippen LogP contribution in [0.1, 0.15) is 5.56 Å². The fraction of sp³-hybridized carbons (Fsp3) is 0.100. The molecule has 1 aromatic carbocycles. The van der Waals surface area contributed by atoms with Gasteiger partial charge in [0, 0.05) is 15.1 Å². The topological polar surface area (TPSA) is 74.8 Å². The third kappa shape index (κ3) is 2.76. The number of halogens is 2. The Morgan fingerprint density at radius 1 is 1.28 bits per heavy atom. The molecule has 1 heterocycles. The number of sulfonamides is 1. The number of anilines is 1. The van der Waals surface area contributed by atoms with Crippen molar-refractivity contribution < 1.29 is 8.42 Å². The maximum atomic E-state index is 12.0. The predicted octanol–water partition coefficient (Wildman–Crippen LogP) is 3.04. The van der Waals surface area contributed by atoms with Crippen molar-refractivity contribution in [2.75, 3.05) is 4.72 Å². The van der Waals surface area contributed by atoms with Crippen molar-refractivity contribution in [3.05, 3.63) is 39.0 Å². The monoisotopic (exact) mass is 393 g/mol. The molecule has 96 valence electrons. The van der Waals surface area contributed by atoms with Crippen molar-refractivity contribution in [3.8, 4) is 0 Å². The van der Waals surface area contributed by atoms with E-state index in [2.05, 4.69) is 46.8 Å². The van der Waals surface area contributed by atoms with Crippen LogP contribution in [0.4, 0.5) is 5.69 Å². The van der Waals surface area contributed by atoms with Crippen LogP contribution in [-0.4, -0.2) is 18.6 Å². The van der Waals surface area contributed by atoms with Gasteiger partial charge in [-0.15, -0.1) is 0 Å². The minimum atomic E-state index is -3.63. The van der Waals surface area contributed by atoms with E-state index in [0.717, 1.165) is 5.56 Å². The highest BCUT2D eigenvalue weighted by Gasteiger charge is 2.18. The zero-order valence-corrected chi connectivity index (χ0v) is 13.2. The second kappa shape index (κ2) is 5.02. The molecular formula is C10H9Br2N3O2S. The SMILES string of the molecule is Cc1cc(Br)c(NS(=O)(=O)c2cn[nH]c2)c(Br)c1. The standard InChI is InChI=1S/C10H9Br2N3O2S/c1-6-2-8(11)10(9(12)3-6)15-18(16,17)7-4-13-14-5-7/h2-5,15H,1H3,(H,13,14). The number of nitrogens with one attached hydrogen (secondary N) is 2. The van der Waals surface area contributed by atoms with Crippen LogP contribution in [0.3, 0.4) is 0 Å². The highest BCUT2D eigenvalue weighted by Crippen LogP contribution is 2.33. The summed E-state index contributed by atoms with van der Waals surface area (Å²) >= 11 is 6.67. The van der Waals surface area contributed by atoms with Crippen LogP contribution in [0, 0.1) is 6.92 Å². The van der Waals surface area contributed by atoms with Gasteiger partial charge in [0.2, 0.25) is 0 Å². The Morgan fingerprint density at radius 3 is 2.39 bits per heavy atom. The van der Waals surface area contributed by atoms with E-state index < -0.39 is 10.0 Å². The van der Waals surface area contributed by atoms with E-state index >= 15 is 0 Å². The lowest BCUT2D eigenvalue weighted by Gasteiger charge is -2.11. The molecule has 0 radical (unpaired) electrons. The van der Waals surface area contributed by atoms with Crippen molar-refractivity contribution in [3.63, 3.8) is 0 Å². The number of aryl methyl sites for hydroxylation is 1. The lowest BCUT2D eigenvalue weighted by atomic mass is 10.2. The van der Waals surface area contributed by atoms with E-state index in [1.165, 1.54) is 12.4 Å². The molecule has 0 amide bonds. The van der Waals surface area contributed by atoms with Gasteiger partial charge in [0.25, 0.3) is 10.0 Å². The van der Waals surface area contributed by atoms with Gasteiger partial charge < -0.3 is 0 Å². The van der Waals surface area contributed by atoms with E-state index in [1.807, 2.05) is 19.1 Å². The Balaban J connectivity index is 2.42. The van der Waals surface area contributed by atoms with Crippen molar-refractivity contribution in [2.24, 2.45) is 0 Å². The van der Waals surface area contributed by atoms with E-state index in [9.17, 15) is 8.42 Å². The molecule has 0 fully saturated rings. The molecular weight excluding hydrogens is 386 g/mol. The van der Waals surface area contributed by atoms with Crippen LogP contribution < -0.4 is 4.72 Å². The molecule has 0 spiro atoms. The van der Waals surface area contributed by atoms with Gasteiger partial charge in [-0.2, -0.15) is 5.10 Å². The fourth-order valence-electron chi connectivity index (χ4n) is 1.38. The van der Waals surface area contributed by atoms with Crippen molar-refractivity contribution >= 4 is 47.6 Å². The zero-order valence-electron chi connectivity index (χ0n) is 9.24. The molecule has 2 N–H and O–H groups in total. The van der Waals surface area contributed by atoms with E-state index in [4.69, 9.17) is 0 Å². The number of H-pyrrole nitrogens is 1. The summed E-state index contributed by atoms with van der Waals surface area (Å²) in [6, 6.07) is 3.66. The Kier molecular flexibility index (Phi) is 3.79. The molecule has 0 bridgehead atoms. The number of benzene rings is 1. The van der Waals surface area contributed by atoms with E-state index in [-0.39, 0.29) is 4.90 Å². The van der Waals surface area contributed by atoms with E-state index in [1.54, 1.807) is 0 Å². The van der Waals surface area contributed by atoms with Crippen molar-refractivity contribution in [1.82, 2.24) is 10.2 Å². The molecule has 18 heavy (non-hydrogen) atoms. The number of aromatic amines is 1. The lowest BCUT2D eigenvalue weighted by molar-refractivity contribution is 0.601. The maximum absolute atomic E-state index is 12.0. The largest absolute Gasteiger partial charge is 0.284 e. The van der Waals surface area contributed by atoms with Crippen molar-refractivity contribution in [2.45, 2.75) is 11.8 Å². The van der Waals surface area contributed by atoms with Crippen LogP contribution in [0.5, 0.6) is 0 Å². The summed E-state index contributed by atoms with van der Waals surface area (Å²) in [4.78, 5) is 0.0851. The van der Waals surface area contributed by atoms with Gasteiger partial charge in [0.1, 0.15) is 4.90 Å². The molecule has 0 unspecified atom stereocenters. The number of hydrogen-bond acceptors (Lipinski definition) is 3. The molecule has 5 nitrogen and oxygen atoms in total. The Labute approximate surface area is 121 Å². The highest BCUT2D eigenvalue weighted by molar-refractivity contribution is 9.11. The number of rotatable bonds is 3.